The Morgan fingerprint density at radius 1 is 1.25 bits per heavy atom. The molecule has 2 aliphatic rings. The Balaban J connectivity index is 2.28. The van der Waals surface area contributed by atoms with Gasteiger partial charge in [-0.25, -0.2) is 14.6 Å². The Hall–Kier alpha value is -2.60. The van der Waals surface area contributed by atoms with Crippen LogP contribution < -0.4 is 0 Å². The maximum atomic E-state index is 12.8. The van der Waals surface area contributed by atoms with Gasteiger partial charge in [-0.2, -0.15) is 0 Å². The lowest BCUT2D eigenvalue weighted by Crippen LogP contribution is -2.42. The Morgan fingerprint density at radius 2 is 1.93 bits per heavy atom. The third kappa shape index (κ3) is 3.56. The Kier molecular flexibility index (Phi) is 6.19. The molecule has 0 aliphatic carbocycles. The number of hydrogen-bond donors (Lipinski definition) is 0. The van der Waals surface area contributed by atoms with Crippen molar-refractivity contribution in [1.29, 1.82) is 0 Å². The van der Waals surface area contributed by atoms with Crippen LogP contribution in [0, 0.1) is 0 Å². The number of nitrogens with zero attached hydrogens (tertiary/aromatic N) is 3. The molecule has 8 heteroatoms. The Bertz CT molecular complexity index is 883. The number of esters is 1. The SMILES string of the molecule is COC(=O)C1=C(C)N(N=C=O)C(C)=C(N2CCOCC2)C1c1ccccc1Cl. The van der Waals surface area contributed by atoms with Gasteiger partial charge in [0.25, 0.3) is 6.08 Å². The van der Waals surface area contributed by atoms with E-state index in [1.54, 1.807) is 19.1 Å². The summed E-state index contributed by atoms with van der Waals surface area (Å²) in [6, 6.07) is 7.42. The molecule has 28 heavy (non-hydrogen) atoms. The molecule has 1 fully saturated rings. The van der Waals surface area contributed by atoms with E-state index in [9.17, 15) is 9.59 Å². The zero-order valence-corrected chi connectivity index (χ0v) is 16.8. The highest BCUT2D eigenvalue weighted by Gasteiger charge is 2.40. The van der Waals surface area contributed by atoms with Crippen LogP contribution in [0.4, 0.5) is 0 Å². The largest absolute Gasteiger partial charge is 0.466 e. The fourth-order valence-corrected chi connectivity index (χ4v) is 4.07. The normalized spacial score (nSPS) is 20.2. The lowest BCUT2D eigenvalue weighted by atomic mass is 9.82. The summed E-state index contributed by atoms with van der Waals surface area (Å²) in [7, 11) is 1.33. The van der Waals surface area contributed by atoms with Crippen molar-refractivity contribution in [2.75, 3.05) is 33.4 Å². The van der Waals surface area contributed by atoms with Gasteiger partial charge in [0.1, 0.15) is 0 Å². The molecule has 148 valence electrons. The van der Waals surface area contributed by atoms with Crippen LogP contribution in [0.5, 0.6) is 0 Å². The van der Waals surface area contributed by atoms with Gasteiger partial charge < -0.3 is 14.4 Å². The zero-order valence-electron chi connectivity index (χ0n) is 16.1. The predicted molar refractivity (Wildman–Crippen MR) is 104 cm³/mol. The van der Waals surface area contributed by atoms with Crippen LogP contribution in [0.1, 0.15) is 25.3 Å². The van der Waals surface area contributed by atoms with Crippen molar-refractivity contribution in [1.82, 2.24) is 9.91 Å². The molecular weight excluding hydrogens is 382 g/mol. The summed E-state index contributed by atoms with van der Waals surface area (Å²) in [6.45, 7) is 6.04. The highest BCUT2D eigenvalue weighted by molar-refractivity contribution is 6.31. The number of isocyanates is 1. The van der Waals surface area contributed by atoms with Crippen LogP contribution in [0.25, 0.3) is 0 Å². The molecule has 1 aromatic carbocycles. The van der Waals surface area contributed by atoms with Gasteiger partial charge >= 0.3 is 5.97 Å². The number of carbonyl (C=O) groups is 1. The number of benzene rings is 1. The number of carbonyl (C=O) groups excluding carboxylic acids is 2. The molecule has 7 nitrogen and oxygen atoms in total. The van der Waals surface area contributed by atoms with Gasteiger partial charge in [0.2, 0.25) is 0 Å². The van der Waals surface area contributed by atoms with E-state index in [0.717, 1.165) is 17.0 Å². The number of morpholine rings is 1. The van der Waals surface area contributed by atoms with E-state index in [4.69, 9.17) is 21.1 Å². The number of rotatable bonds is 4. The summed E-state index contributed by atoms with van der Waals surface area (Å²) in [6.07, 6.45) is 1.58. The average Bonchev–Trinajstić information content (AvgIpc) is 2.71. The van der Waals surface area contributed by atoms with E-state index < -0.39 is 11.9 Å². The molecule has 2 heterocycles. The van der Waals surface area contributed by atoms with Crippen LogP contribution >= 0.6 is 11.6 Å². The standard InChI is InChI=1S/C20H22ClN3O4/c1-13-17(20(26)27-3)18(15-6-4-5-7-16(15)21)19(14(2)24(13)22-12-25)23-8-10-28-11-9-23/h4-7,18H,8-11H2,1-3H3. The number of ether oxygens (including phenoxy) is 2. The van der Waals surface area contributed by atoms with Gasteiger partial charge in [0, 0.05) is 23.8 Å². The lowest BCUT2D eigenvalue weighted by Gasteiger charge is -2.42. The molecule has 0 radical (unpaired) electrons. The fourth-order valence-electron chi connectivity index (χ4n) is 3.82. The van der Waals surface area contributed by atoms with Crippen molar-refractivity contribution in [3.05, 3.63) is 57.5 Å². The van der Waals surface area contributed by atoms with Gasteiger partial charge in [0.05, 0.1) is 43.2 Å². The minimum Gasteiger partial charge on any atom is -0.466 e. The minimum atomic E-state index is -0.494. The Morgan fingerprint density at radius 3 is 2.54 bits per heavy atom. The van der Waals surface area contributed by atoms with Crippen LogP contribution in [-0.2, 0) is 19.1 Å². The molecule has 0 saturated carbocycles. The van der Waals surface area contributed by atoms with Crippen LogP contribution in [0.15, 0.2) is 52.0 Å². The van der Waals surface area contributed by atoms with E-state index in [2.05, 4.69) is 10.0 Å². The Labute approximate surface area is 168 Å². The summed E-state index contributed by atoms with van der Waals surface area (Å²) in [5.74, 6) is -0.941. The molecule has 0 N–H and O–H groups in total. The van der Waals surface area contributed by atoms with E-state index in [-0.39, 0.29) is 0 Å². The van der Waals surface area contributed by atoms with Gasteiger partial charge in [-0.15, -0.1) is 0 Å². The summed E-state index contributed by atoms with van der Waals surface area (Å²) < 4.78 is 10.6. The summed E-state index contributed by atoms with van der Waals surface area (Å²) in [5, 5.41) is 5.81. The maximum absolute atomic E-state index is 12.8. The fraction of sp³-hybridized carbons (Fsp3) is 0.400. The topological polar surface area (TPSA) is 71.4 Å². The van der Waals surface area contributed by atoms with Crippen molar-refractivity contribution >= 4 is 23.7 Å². The summed E-state index contributed by atoms with van der Waals surface area (Å²) >= 11 is 6.53. The van der Waals surface area contributed by atoms with Gasteiger partial charge in [-0.05, 0) is 25.5 Å². The molecule has 1 aromatic rings. The summed E-state index contributed by atoms with van der Waals surface area (Å²) in [4.78, 5) is 26.0. The number of halogens is 1. The third-order valence-electron chi connectivity index (χ3n) is 5.07. The molecule has 0 amide bonds. The van der Waals surface area contributed by atoms with Gasteiger partial charge in [-0.3, -0.25) is 0 Å². The van der Waals surface area contributed by atoms with Crippen molar-refractivity contribution in [3.63, 3.8) is 0 Å². The van der Waals surface area contributed by atoms with Gasteiger partial charge in [0.15, 0.2) is 0 Å². The monoisotopic (exact) mass is 403 g/mol. The third-order valence-corrected chi connectivity index (χ3v) is 5.42. The number of hydrogen-bond acceptors (Lipinski definition) is 7. The first kappa shape index (κ1) is 20.1. The smallest absolute Gasteiger partial charge is 0.336 e. The van der Waals surface area contributed by atoms with Crippen LogP contribution in [-0.4, -0.2) is 55.4 Å². The molecule has 1 atom stereocenters. The lowest BCUT2D eigenvalue weighted by molar-refractivity contribution is -0.136. The predicted octanol–water partition coefficient (Wildman–Crippen LogP) is 3.00. The van der Waals surface area contributed by atoms with Crippen molar-refractivity contribution in [2.45, 2.75) is 19.8 Å². The van der Waals surface area contributed by atoms with E-state index in [0.29, 0.717) is 42.6 Å². The second-order valence-electron chi connectivity index (χ2n) is 6.52. The highest BCUT2D eigenvalue weighted by atomic mass is 35.5. The first-order chi connectivity index (χ1) is 13.5. The maximum Gasteiger partial charge on any atom is 0.336 e. The number of hydrazone groups is 1. The molecule has 1 unspecified atom stereocenters. The van der Waals surface area contributed by atoms with Crippen LogP contribution in [0.3, 0.4) is 0 Å². The molecule has 2 aliphatic heterocycles. The molecule has 0 aromatic heterocycles. The molecule has 1 saturated heterocycles. The molecule has 0 bridgehead atoms. The first-order valence-electron chi connectivity index (χ1n) is 8.96. The average molecular weight is 404 g/mol. The second kappa shape index (κ2) is 8.61. The first-order valence-corrected chi connectivity index (χ1v) is 9.34. The molecular formula is C20H22ClN3O4. The second-order valence-corrected chi connectivity index (χ2v) is 6.93. The number of allylic oxidation sites excluding steroid dienone is 3. The zero-order chi connectivity index (χ0) is 20.3. The van der Waals surface area contributed by atoms with E-state index >= 15 is 0 Å². The van der Waals surface area contributed by atoms with Crippen molar-refractivity contribution in [3.8, 4) is 0 Å². The molecule has 3 rings (SSSR count). The van der Waals surface area contributed by atoms with Crippen molar-refractivity contribution < 1.29 is 19.1 Å². The minimum absolute atomic E-state index is 0.390. The van der Waals surface area contributed by atoms with Crippen LogP contribution in [0.2, 0.25) is 5.02 Å². The van der Waals surface area contributed by atoms with E-state index in [1.165, 1.54) is 12.1 Å². The molecule has 0 spiro atoms. The quantitative estimate of drug-likeness (QED) is 0.437. The van der Waals surface area contributed by atoms with E-state index in [1.807, 2.05) is 25.1 Å². The van der Waals surface area contributed by atoms with Crippen molar-refractivity contribution in [2.24, 2.45) is 5.10 Å². The highest BCUT2D eigenvalue weighted by Crippen LogP contribution is 2.45. The number of methoxy groups -OCH3 is 1. The van der Waals surface area contributed by atoms with Gasteiger partial charge in [-0.1, -0.05) is 34.9 Å². The summed E-state index contributed by atoms with van der Waals surface area (Å²) in [5.41, 5.74) is 3.28.